The fraction of sp³-hybridized carbons (Fsp3) is 0.364. The molecule has 0 saturated heterocycles. The summed E-state index contributed by atoms with van der Waals surface area (Å²) in [6.07, 6.45) is 0. The number of nitrogens with two attached hydrogens (primary N) is 1. The van der Waals surface area contributed by atoms with Crippen LogP contribution in [0.5, 0.6) is 0 Å². The molecule has 0 bridgehead atoms. The van der Waals surface area contributed by atoms with Crippen LogP contribution in [-0.4, -0.2) is 11.1 Å². The molecule has 0 radical (unpaired) electrons. The molecular formula is C11H15ClFNO2. The van der Waals surface area contributed by atoms with Crippen molar-refractivity contribution in [2.75, 3.05) is 0 Å². The molecule has 0 amide bonds. The summed E-state index contributed by atoms with van der Waals surface area (Å²) in [6.45, 7) is 3.72. The molecule has 16 heavy (non-hydrogen) atoms. The molecule has 1 atom stereocenters. The van der Waals surface area contributed by atoms with E-state index in [1.165, 1.54) is 12.1 Å². The molecule has 0 fully saturated rings. The molecule has 90 valence electrons. The Hall–Kier alpha value is -1.13. The molecule has 0 aliphatic carbocycles. The summed E-state index contributed by atoms with van der Waals surface area (Å²) in [5.74, 6) is -1.48. The average Bonchev–Trinajstić information content (AvgIpc) is 2.16. The van der Waals surface area contributed by atoms with Crippen LogP contribution in [0, 0.1) is 11.7 Å². The van der Waals surface area contributed by atoms with E-state index in [0.29, 0.717) is 0 Å². The molecule has 1 rings (SSSR count). The van der Waals surface area contributed by atoms with Gasteiger partial charge in [-0.2, -0.15) is 0 Å². The van der Waals surface area contributed by atoms with Crippen LogP contribution in [0.1, 0.15) is 35.8 Å². The minimum Gasteiger partial charge on any atom is -0.478 e. The first kappa shape index (κ1) is 14.9. The second-order valence-electron chi connectivity index (χ2n) is 3.81. The van der Waals surface area contributed by atoms with E-state index < -0.39 is 17.8 Å². The van der Waals surface area contributed by atoms with Crippen LogP contribution in [0.15, 0.2) is 18.2 Å². The van der Waals surface area contributed by atoms with Gasteiger partial charge in [0.2, 0.25) is 0 Å². The number of carboxylic acids is 1. The second-order valence-corrected chi connectivity index (χ2v) is 3.81. The molecule has 1 aromatic rings. The summed E-state index contributed by atoms with van der Waals surface area (Å²) in [7, 11) is 0. The minimum atomic E-state index is -1.08. The summed E-state index contributed by atoms with van der Waals surface area (Å²) >= 11 is 0. The predicted octanol–water partition coefficient (Wildman–Crippen LogP) is 2.60. The molecule has 0 heterocycles. The molecule has 0 unspecified atom stereocenters. The average molecular weight is 248 g/mol. The van der Waals surface area contributed by atoms with Gasteiger partial charge in [0.15, 0.2) is 0 Å². The molecular weight excluding hydrogens is 233 g/mol. The molecule has 0 saturated carbocycles. The van der Waals surface area contributed by atoms with Crippen LogP contribution in [0.2, 0.25) is 0 Å². The van der Waals surface area contributed by atoms with E-state index in [4.69, 9.17) is 10.8 Å². The monoisotopic (exact) mass is 247 g/mol. The minimum absolute atomic E-state index is 0. The van der Waals surface area contributed by atoms with E-state index in [2.05, 4.69) is 0 Å². The molecule has 1 aromatic carbocycles. The SMILES string of the molecule is CC(C)[C@H](N)c1cc(C(=O)O)ccc1F.Cl. The van der Waals surface area contributed by atoms with Crippen molar-refractivity contribution >= 4 is 18.4 Å². The van der Waals surface area contributed by atoms with Gasteiger partial charge in [0.1, 0.15) is 5.82 Å². The zero-order valence-electron chi connectivity index (χ0n) is 9.11. The predicted molar refractivity (Wildman–Crippen MR) is 62.4 cm³/mol. The summed E-state index contributed by atoms with van der Waals surface area (Å²) in [5.41, 5.74) is 6.09. The summed E-state index contributed by atoms with van der Waals surface area (Å²) in [6, 6.07) is 3.18. The van der Waals surface area contributed by atoms with Gasteiger partial charge in [-0.1, -0.05) is 13.8 Å². The highest BCUT2D eigenvalue weighted by molar-refractivity contribution is 5.87. The van der Waals surface area contributed by atoms with Gasteiger partial charge in [-0.25, -0.2) is 9.18 Å². The molecule has 3 nitrogen and oxygen atoms in total. The Bertz CT molecular complexity index is 382. The topological polar surface area (TPSA) is 63.3 Å². The maximum atomic E-state index is 13.4. The van der Waals surface area contributed by atoms with Gasteiger partial charge >= 0.3 is 5.97 Å². The van der Waals surface area contributed by atoms with Gasteiger partial charge < -0.3 is 10.8 Å². The van der Waals surface area contributed by atoms with Crippen LogP contribution >= 0.6 is 12.4 Å². The molecule has 0 spiro atoms. The second kappa shape index (κ2) is 5.82. The van der Waals surface area contributed by atoms with Crippen molar-refractivity contribution in [3.05, 3.63) is 35.1 Å². The molecule has 0 aliphatic heterocycles. The van der Waals surface area contributed by atoms with Crippen LogP contribution < -0.4 is 5.73 Å². The van der Waals surface area contributed by atoms with Crippen molar-refractivity contribution in [2.24, 2.45) is 11.7 Å². The van der Waals surface area contributed by atoms with Gasteiger partial charge in [0, 0.05) is 11.6 Å². The number of hydrogen-bond acceptors (Lipinski definition) is 2. The third kappa shape index (κ3) is 3.18. The Morgan fingerprint density at radius 2 is 2.00 bits per heavy atom. The Balaban J connectivity index is 0.00000225. The van der Waals surface area contributed by atoms with Gasteiger partial charge in [-0.05, 0) is 24.1 Å². The zero-order chi connectivity index (χ0) is 11.6. The van der Waals surface area contributed by atoms with E-state index in [1.54, 1.807) is 0 Å². The lowest BCUT2D eigenvalue weighted by Gasteiger charge is -2.17. The molecule has 0 aliphatic rings. The summed E-state index contributed by atoms with van der Waals surface area (Å²) < 4.78 is 13.4. The van der Waals surface area contributed by atoms with Crippen LogP contribution in [0.4, 0.5) is 4.39 Å². The van der Waals surface area contributed by atoms with Crippen molar-refractivity contribution in [2.45, 2.75) is 19.9 Å². The Kier molecular flexibility index (Phi) is 5.41. The number of halogens is 2. The lowest BCUT2D eigenvalue weighted by atomic mass is 9.95. The lowest BCUT2D eigenvalue weighted by Crippen LogP contribution is -2.18. The van der Waals surface area contributed by atoms with Crippen molar-refractivity contribution in [1.82, 2.24) is 0 Å². The fourth-order valence-electron chi connectivity index (χ4n) is 1.29. The third-order valence-corrected chi connectivity index (χ3v) is 2.32. The highest BCUT2D eigenvalue weighted by Crippen LogP contribution is 2.22. The summed E-state index contributed by atoms with van der Waals surface area (Å²) in [4.78, 5) is 10.7. The Morgan fingerprint density at radius 3 is 2.44 bits per heavy atom. The number of aromatic carboxylic acids is 1. The number of rotatable bonds is 3. The van der Waals surface area contributed by atoms with E-state index in [-0.39, 0.29) is 29.5 Å². The van der Waals surface area contributed by atoms with E-state index in [1.807, 2.05) is 13.8 Å². The van der Waals surface area contributed by atoms with Crippen molar-refractivity contribution in [3.8, 4) is 0 Å². The van der Waals surface area contributed by atoms with Gasteiger partial charge in [0.05, 0.1) is 5.56 Å². The highest BCUT2D eigenvalue weighted by Gasteiger charge is 2.16. The number of hydrogen-bond donors (Lipinski definition) is 2. The molecule has 3 N–H and O–H groups in total. The fourth-order valence-corrected chi connectivity index (χ4v) is 1.29. The van der Waals surface area contributed by atoms with Crippen LogP contribution in [0.3, 0.4) is 0 Å². The van der Waals surface area contributed by atoms with Crippen molar-refractivity contribution in [3.63, 3.8) is 0 Å². The first-order valence-corrected chi connectivity index (χ1v) is 4.71. The lowest BCUT2D eigenvalue weighted by molar-refractivity contribution is 0.0696. The normalized spacial score (nSPS) is 12.1. The summed E-state index contributed by atoms with van der Waals surface area (Å²) in [5, 5.41) is 8.76. The maximum Gasteiger partial charge on any atom is 0.335 e. The molecule has 0 aromatic heterocycles. The van der Waals surface area contributed by atoms with E-state index >= 15 is 0 Å². The van der Waals surface area contributed by atoms with E-state index in [9.17, 15) is 9.18 Å². The van der Waals surface area contributed by atoms with Crippen LogP contribution in [0.25, 0.3) is 0 Å². The maximum absolute atomic E-state index is 13.4. The Labute approximate surface area is 99.9 Å². The van der Waals surface area contributed by atoms with Gasteiger partial charge in [0.25, 0.3) is 0 Å². The first-order chi connectivity index (χ1) is 6.93. The van der Waals surface area contributed by atoms with Gasteiger partial charge in [-0.15, -0.1) is 12.4 Å². The number of carboxylic acid groups (broad SMARTS) is 1. The highest BCUT2D eigenvalue weighted by atomic mass is 35.5. The van der Waals surface area contributed by atoms with Crippen LogP contribution in [-0.2, 0) is 0 Å². The Morgan fingerprint density at radius 1 is 1.44 bits per heavy atom. The van der Waals surface area contributed by atoms with Crippen molar-refractivity contribution in [1.29, 1.82) is 0 Å². The quantitative estimate of drug-likeness (QED) is 0.863. The third-order valence-electron chi connectivity index (χ3n) is 2.32. The van der Waals surface area contributed by atoms with E-state index in [0.717, 1.165) is 6.07 Å². The number of carbonyl (C=O) groups is 1. The zero-order valence-corrected chi connectivity index (χ0v) is 9.92. The standard InChI is InChI=1S/C11H14FNO2.ClH/c1-6(2)10(13)8-5-7(11(14)15)3-4-9(8)12;/h3-6,10H,13H2,1-2H3,(H,14,15);1H/t10-;/m0./s1. The van der Waals surface area contributed by atoms with Crippen molar-refractivity contribution < 1.29 is 14.3 Å². The van der Waals surface area contributed by atoms with Gasteiger partial charge in [-0.3, -0.25) is 0 Å². The molecule has 5 heteroatoms. The largest absolute Gasteiger partial charge is 0.478 e. The number of benzene rings is 1. The first-order valence-electron chi connectivity index (χ1n) is 4.71. The smallest absolute Gasteiger partial charge is 0.335 e.